The van der Waals surface area contributed by atoms with Gasteiger partial charge in [0, 0.05) is 17.5 Å². The molecule has 0 bridgehead atoms. The van der Waals surface area contributed by atoms with E-state index in [9.17, 15) is 25.2 Å². The number of phenols is 3. The number of hydrogen-bond donors (Lipinski definition) is 4. The van der Waals surface area contributed by atoms with E-state index in [-0.39, 0.29) is 23.3 Å². The number of carbonyl (C=O) groups is 1. The first-order chi connectivity index (χ1) is 11.5. The fraction of sp³-hybridized carbons (Fsp3) is 0.550. The smallest absolute Gasteiger partial charge is 0.172 e. The Morgan fingerprint density at radius 3 is 2.28 bits per heavy atom. The third-order valence-electron chi connectivity index (χ3n) is 4.28. The molecule has 5 nitrogen and oxygen atoms in total. The summed E-state index contributed by atoms with van der Waals surface area (Å²) in [6.45, 7) is 9.03. The topological polar surface area (TPSA) is 98.0 Å². The maximum Gasteiger partial charge on any atom is 0.172 e. The summed E-state index contributed by atoms with van der Waals surface area (Å²) in [6, 6.07) is 1.07. The summed E-state index contributed by atoms with van der Waals surface area (Å²) in [4.78, 5) is 12.2. The first kappa shape index (κ1) is 21.0. The second kappa shape index (κ2) is 8.39. The Balaban J connectivity index is 3.01. The molecule has 0 aliphatic heterocycles. The average molecular weight is 350 g/mol. The Hall–Kier alpha value is -2.01. The van der Waals surface area contributed by atoms with Gasteiger partial charge >= 0.3 is 0 Å². The minimum atomic E-state index is -0.967. The van der Waals surface area contributed by atoms with Crippen LogP contribution in [-0.2, 0) is 6.42 Å². The molecule has 5 heteroatoms. The van der Waals surface area contributed by atoms with Crippen molar-refractivity contribution in [1.82, 2.24) is 0 Å². The Morgan fingerprint density at radius 1 is 1.16 bits per heavy atom. The van der Waals surface area contributed by atoms with E-state index in [2.05, 4.69) is 0 Å². The van der Waals surface area contributed by atoms with Crippen molar-refractivity contribution in [1.29, 1.82) is 0 Å². The number of hydrogen-bond acceptors (Lipinski definition) is 5. The largest absolute Gasteiger partial charge is 0.507 e. The van der Waals surface area contributed by atoms with Crippen molar-refractivity contribution in [3.8, 4) is 17.2 Å². The molecule has 0 radical (unpaired) electrons. The minimum Gasteiger partial charge on any atom is -0.507 e. The van der Waals surface area contributed by atoms with Crippen LogP contribution in [0.5, 0.6) is 17.2 Å². The molecular formula is C20H30O5. The fourth-order valence-corrected chi connectivity index (χ4v) is 2.65. The third kappa shape index (κ3) is 5.78. The van der Waals surface area contributed by atoms with E-state index in [1.54, 1.807) is 20.8 Å². The van der Waals surface area contributed by atoms with Crippen LogP contribution in [0.4, 0.5) is 0 Å². The first-order valence-corrected chi connectivity index (χ1v) is 8.63. The van der Waals surface area contributed by atoms with Crippen LogP contribution >= 0.6 is 0 Å². The van der Waals surface area contributed by atoms with E-state index >= 15 is 0 Å². The highest BCUT2D eigenvalue weighted by molar-refractivity contribution is 6.03. The van der Waals surface area contributed by atoms with Gasteiger partial charge in [0.15, 0.2) is 5.78 Å². The number of phenolic OH excluding ortho intramolecular Hbond substituents is 3. The summed E-state index contributed by atoms with van der Waals surface area (Å²) in [5, 5.41) is 40.8. The summed E-state index contributed by atoms with van der Waals surface area (Å²) >= 11 is 0. The molecule has 0 heterocycles. The molecule has 1 aromatic carbocycles. The molecule has 1 rings (SSSR count). The van der Waals surface area contributed by atoms with Crippen LogP contribution in [0.3, 0.4) is 0 Å². The molecule has 0 unspecified atom stereocenters. The van der Waals surface area contributed by atoms with Crippen molar-refractivity contribution in [2.24, 2.45) is 5.92 Å². The van der Waals surface area contributed by atoms with Gasteiger partial charge in [-0.2, -0.15) is 0 Å². The van der Waals surface area contributed by atoms with E-state index in [1.165, 1.54) is 5.57 Å². The molecule has 1 atom stereocenters. The van der Waals surface area contributed by atoms with Gasteiger partial charge in [0.05, 0.1) is 5.60 Å². The van der Waals surface area contributed by atoms with Crippen molar-refractivity contribution in [3.05, 3.63) is 28.8 Å². The van der Waals surface area contributed by atoms with Gasteiger partial charge in [-0.1, -0.05) is 25.5 Å². The zero-order chi connectivity index (χ0) is 19.4. The fourth-order valence-electron chi connectivity index (χ4n) is 2.65. The minimum absolute atomic E-state index is 0.171. The Labute approximate surface area is 149 Å². The maximum absolute atomic E-state index is 12.2. The lowest BCUT2D eigenvalue weighted by atomic mass is 9.89. The summed E-state index contributed by atoms with van der Waals surface area (Å²) < 4.78 is 0. The predicted octanol–water partition coefficient (Wildman–Crippen LogP) is 4.07. The van der Waals surface area contributed by atoms with E-state index in [0.717, 1.165) is 12.5 Å². The number of rotatable bonds is 8. The number of carbonyl (C=O) groups excluding carboxylic acids is 1. The number of aliphatic hydroxyl groups is 1. The quantitative estimate of drug-likeness (QED) is 0.418. The van der Waals surface area contributed by atoms with E-state index in [1.807, 2.05) is 19.9 Å². The molecule has 0 aliphatic carbocycles. The van der Waals surface area contributed by atoms with Crippen molar-refractivity contribution >= 4 is 5.78 Å². The zero-order valence-corrected chi connectivity index (χ0v) is 15.8. The molecule has 0 saturated heterocycles. The normalized spacial score (nSPS) is 13.6. The molecule has 0 saturated carbocycles. The summed E-state index contributed by atoms with van der Waals surface area (Å²) in [7, 11) is 0. The highest BCUT2D eigenvalue weighted by Crippen LogP contribution is 2.40. The van der Waals surface area contributed by atoms with Crippen molar-refractivity contribution in [2.45, 2.75) is 65.9 Å². The highest BCUT2D eigenvalue weighted by atomic mass is 16.3. The lowest BCUT2D eigenvalue weighted by molar-refractivity contribution is 0.0430. The number of allylic oxidation sites excluding steroid dienone is 2. The van der Waals surface area contributed by atoms with Crippen LogP contribution < -0.4 is 0 Å². The second-order valence-corrected chi connectivity index (χ2v) is 7.45. The Bertz CT molecular complexity index is 653. The second-order valence-electron chi connectivity index (χ2n) is 7.45. The number of benzene rings is 1. The van der Waals surface area contributed by atoms with E-state index in [0.29, 0.717) is 12.8 Å². The molecule has 4 N–H and O–H groups in total. The van der Waals surface area contributed by atoms with Crippen LogP contribution in [0.1, 0.15) is 69.8 Å². The number of ketones is 1. The summed E-state index contributed by atoms with van der Waals surface area (Å²) in [5.41, 5.74) is 0.211. The molecule has 0 aliphatic rings. The lowest BCUT2D eigenvalue weighted by Crippen LogP contribution is -2.24. The summed E-state index contributed by atoms with van der Waals surface area (Å²) in [5.74, 6) is -1.92. The molecule has 0 spiro atoms. The van der Waals surface area contributed by atoms with Crippen LogP contribution in [0, 0.1) is 5.92 Å². The van der Waals surface area contributed by atoms with E-state index in [4.69, 9.17) is 0 Å². The lowest BCUT2D eigenvalue weighted by Gasteiger charge is -2.23. The monoisotopic (exact) mass is 350 g/mol. The molecular weight excluding hydrogens is 320 g/mol. The van der Waals surface area contributed by atoms with Gasteiger partial charge in [-0.05, 0) is 46.5 Å². The summed E-state index contributed by atoms with van der Waals surface area (Å²) in [6.07, 6.45) is 3.84. The van der Waals surface area contributed by atoms with Crippen LogP contribution in [0.25, 0.3) is 0 Å². The highest BCUT2D eigenvalue weighted by Gasteiger charge is 2.26. The third-order valence-corrected chi connectivity index (χ3v) is 4.28. The molecule has 0 aromatic heterocycles. The van der Waals surface area contributed by atoms with Crippen molar-refractivity contribution < 1.29 is 25.2 Å². The predicted molar refractivity (Wildman–Crippen MR) is 98.2 cm³/mol. The van der Waals surface area contributed by atoms with Crippen molar-refractivity contribution in [2.75, 3.05) is 0 Å². The molecule has 0 amide bonds. The SMILES string of the molecule is CC(C)=CCC[C@](C)(O)CCc1c(O)cc(O)c(C(=O)C(C)C)c1O. The van der Waals surface area contributed by atoms with Gasteiger partial charge < -0.3 is 20.4 Å². The first-order valence-electron chi connectivity index (χ1n) is 8.63. The maximum atomic E-state index is 12.2. The van der Waals surface area contributed by atoms with Gasteiger partial charge in [0.2, 0.25) is 0 Å². The number of Topliss-reactive ketones (excluding diaryl/α,β-unsaturated/α-hetero) is 1. The van der Waals surface area contributed by atoms with Gasteiger partial charge in [0.1, 0.15) is 22.8 Å². The van der Waals surface area contributed by atoms with Gasteiger partial charge in [0.25, 0.3) is 0 Å². The van der Waals surface area contributed by atoms with Crippen LogP contribution in [0.15, 0.2) is 17.7 Å². The van der Waals surface area contributed by atoms with Crippen LogP contribution in [0.2, 0.25) is 0 Å². The standard InChI is InChI=1S/C20H30O5/c1-12(2)7-6-9-20(5,25)10-8-14-15(21)11-16(22)17(19(14)24)18(23)13(3)4/h7,11,13,21-22,24-25H,6,8-10H2,1-5H3/t20-/m0/s1. The van der Waals surface area contributed by atoms with Crippen LogP contribution in [-0.4, -0.2) is 31.8 Å². The molecule has 140 valence electrons. The van der Waals surface area contributed by atoms with Gasteiger partial charge in [-0.3, -0.25) is 4.79 Å². The average Bonchev–Trinajstić information content (AvgIpc) is 2.45. The molecule has 1 aromatic rings. The Morgan fingerprint density at radius 2 is 1.76 bits per heavy atom. The molecule has 25 heavy (non-hydrogen) atoms. The van der Waals surface area contributed by atoms with Gasteiger partial charge in [-0.15, -0.1) is 0 Å². The van der Waals surface area contributed by atoms with E-state index < -0.39 is 28.8 Å². The Kier molecular flexibility index (Phi) is 7.06. The van der Waals surface area contributed by atoms with Gasteiger partial charge in [-0.25, -0.2) is 0 Å². The zero-order valence-electron chi connectivity index (χ0n) is 15.8. The number of aromatic hydroxyl groups is 3. The van der Waals surface area contributed by atoms with Crippen molar-refractivity contribution in [3.63, 3.8) is 0 Å². The molecule has 0 fully saturated rings.